The molecule has 2 saturated heterocycles. The van der Waals surface area contributed by atoms with Crippen molar-refractivity contribution in [3.8, 4) is 0 Å². The molecule has 16 heavy (non-hydrogen) atoms. The summed E-state index contributed by atoms with van der Waals surface area (Å²) in [5.74, 6) is 0. The van der Waals surface area contributed by atoms with E-state index in [1.807, 2.05) is 0 Å². The van der Waals surface area contributed by atoms with Crippen molar-refractivity contribution in [1.82, 2.24) is 0 Å². The van der Waals surface area contributed by atoms with Crippen molar-refractivity contribution in [1.29, 1.82) is 0 Å². The van der Waals surface area contributed by atoms with E-state index in [0.717, 1.165) is 0 Å². The first-order valence-electron chi connectivity index (χ1n) is 7.19. The quantitative estimate of drug-likeness (QED) is 0.685. The molecule has 2 aliphatic carbocycles. The molecule has 0 aromatic carbocycles. The number of hydrogen-bond donors (Lipinski definition) is 0. The third kappa shape index (κ3) is 1.39. The van der Waals surface area contributed by atoms with Crippen molar-refractivity contribution in [2.45, 2.75) is 87.6 Å². The minimum absolute atomic E-state index is 0.320. The molecule has 0 aromatic heterocycles. The van der Waals surface area contributed by atoms with Crippen LogP contribution in [0.1, 0.15) is 64.2 Å². The average Bonchev–Trinajstić information content (AvgIpc) is 3.20. The minimum atomic E-state index is 0.320. The maximum absolute atomic E-state index is 5.96. The Bertz CT molecular complexity index is 273. The maximum atomic E-state index is 5.96. The van der Waals surface area contributed by atoms with Crippen molar-refractivity contribution in [3.63, 3.8) is 0 Å². The average molecular weight is 222 g/mol. The van der Waals surface area contributed by atoms with Gasteiger partial charge in [0.25, 0.3) is 0 Å². The van der Waals surface area contributed by atoms with Crippen LogP contribution in [0.15, 0.2) is 0 Å². The summed E-state index contributed by atoms with van der Waals surface area (Å²) in [5, 5.41) is 0. The molecule has 4 unspecified atom stereocenters. The second kappa shape index (κ2) is 3.23. The summed E-state index contributed by atoms with van der Waals surface area (Å²) in [6, 6.07) is 0. The molecule has 2 heteroatoms. The predicted molar refractivity (Wildman–Crippen MR) is 61.4 cm³/mol. The molecule has 0 amide bonds. The Kier molecular flexibility index (Phi) is 2.00. The lowest BCUT2D eigenvalue weighted by molar-refractivity contribution is 0.216. The predicted octanol–water partition coefficient (Wildman–Crippen LogP) is 3.19. The molecule has 4 aliphatic rings. The van der Waals surface area contributed by atoms with Crippen LogP contribution in [0.4, 0.5) is 0 Å². The first-order valence-corrected chi connectivity index (χ1v) is 7.19. The largest absolute Gasteiger partial charge is 0.366 e. The molecule has 0 spiro atoms. The van der Waals surface area contributed by atoms with Crippen molar-refractivity contribution in [2.75, 3.05) is 0 Å². The van der Waals surface area contributed by atoms with E-state index in [4.69, 9.17) is 9.47 Å². The minimum Gasteiger partial charge on any atom is -0.366 e. The van der Waals surface area contributed by atoms with Crippen LogP contribution < -0.4 is 0 Å². The Morgan fingerprint density at radius 3 is 1.69 bits per heavy atom. The number of epoxide rings is 2. The third-order valence-electron chi connectivity index (χ3n) is 5.42. The number of ether oxygens (including phenoxy) is 2. The zero-order valence-corrected chi connectivity index (χ0v) is 10.0. The molecular formula is C14H22O2. The van der Waals surface area contributed by atoms with Crippen LogP contribution >= 0.6 is 0 Å². The number of fused-ring (bicyclic) bond motifs is 2. The molecule has 4 rings (SSSR count). The van der Waals surface area contributed by atoms with Crippen LogP contribution in [0.25, 0.3) is 0 Å². The molecule has 0 bridgehead atoms. The van der Waals surface area contributed by atoms with E-state index in [0.29, 0.717) is 23.4 Å². The van der Waals surface area contributed by atoms with Gasteiger partial charge >= 0.3 is 0 Å². The molecule has 0 N–H and O–H groups in total. The lowest BCUT2D eigenvalue weighted by Crippen LogP contribution is -2.25. The summed E-state index contributed by atoms with van der Waals surface area (Å²) in [4.78, 5) is 0. The number of rotatable bonds is 3. The van der Waals surface area contributed by atoms with Gasteiger partial charge in [0.1, 0.15) is 0 Å². The van der Waals surface area contributed by atoms with Crippen LogP contribution in [0, 0.1) is 0 Å². The summed E-state index contributed by atoms with van der Waals surface area (Å²) in [6.45, 7) is 0. The second-order valence-electron chi connectivity index (χ2n) is 6.33. The summed E-state index contributed by atoms with van der Waals surface area (Å²) in [7, 11) is 0. The molecule has 2 saturated carbocycles. The molecule has 4 fully saturated rings. The Labute approximate surface area is 97.7 Å². The topological polar surface area (TPSA) is 25.1 Å². The fraction of sp³-hybridized carbons (Fsp3) is 1.00. The highest BCUT2D eigenvalue weighted by atomic mass is 16.6. The van der Waals surface area contributed by atoms with E-state index in [1.54, 1.807) is 0 Å². The maximum Gasteiger partial charge on any atom is 0.0949 e. The van der Waals surface area contributed by atoms with Crippen LogP contribution in [-0.4, -0.2) is 23.4 Å². The van der Waals surface area contributed by atoms with Gasteiger partial charge in [0.15, 0.2) is 0 Å². The lowest BCUT2D eigenvalue weighted by Gasteiger charge is -2.21. The van der Waals surface area contributed by atoms with E-state index in [9.17, 15) is 0 Å². The third-order valence-corrected chi connectivity index (χ3v) is 5.42. The van der Waals surface area contributed by atoms with Gasteiger partial charge < -0.3 is 9.47 Å². The highest BCUT2D eigenvalue weighted by molar-refractivity contribution is 5.10. The van der Waals surface area contributed by atoms with Gasteiger partial charge in [-0.15, -0.1) is 0 Å². The fourth-order valence-electron chi connectivity index (χ4n) is 4.20. The lowest BCUT2D eigenvalue weighted by atomic mass is 9.80. The number of hydrogen-bond acceptors (Lipinski definition) is 2. The Balaban J connectivity index is 1.36. The van der Waals surface area contributed by atoms with Crippen molar-refractivity contribution in [3.05, 3.63) is 0 Å². The SMILES string of the molecule is C1CCC2(CCC34CCCCC3O4)OC2C1. The first-order chi connectivity index (χ1) is 7.83. The molecule has 2 heterocycles. The zero-order chi connectivity index (χ0) is 10.6. The monoisotopic (exact) mass is 222 g/mol. The zero-order valence-electron chi connectivity index (χ0n) is 10.0. The standard InChI is InChI=1S/C14H22O2/c1-3-7-13(11(5-1)15-13)9-10-14-8-4-2-6-12(14)16-14/h11-12H,1-10H2. The summed E-state index contributed by atoms with van der Waals surface area (Å²) < 4.78 is 11.9. The van der Waals surface area contributed by atoms with E-state index < -0.39 is 0 Å². The van der Waals surface area contributed by atoms with Gasteiger partial charge in [0, 0.05) is 0 Å². The van der Waals surface area contributed by atoms with Crippen molar-refractivity contribution in [2.24, 2.45) is 0 Å². The van der Waals surface area contributed by atoms with Crippen molar-refractivity contribution < 1.29 is 9.47 Å². The molecule has 90 valence electrons. The van der Waals surface area contributed by atoms with E-state index >= 15 is 0 Å². The van der Waals surface area contributed by atoms with Gasteiger partial charge in [-0.25, -0.2) is 0 Å². The molecule has 2 aliphatic heterocycles. The van der Waals surface area contributed by atoms with Gasteiger partial charge in [-0.1, -0.05) is 25.7 Å². The second-order valence-corrected chi connectivity index (χ2v) is 6.33. The Hall–Kier alpha value is -0.0800. The van der Waals surface area contributed by atoms with Gasteiger partial charge in [0.2, 0.25) is 0 Å². The highest BCUT2D eigenvalue weighted by Gasteiger charge is 2.61. The fourth-order valence-corrected chi connectivity index (χ4v) is 4.20. The van der Waals surface area contributed by atoms with Crippen LogP contribution in [0.5, 0.6) is 0 Å². The van der Waals surface area contributed by atoms with Gasteiger partial charge in [-0.2, -0.15) is 0 Å². The highest BCUT2D eigenvalue weighted by Crippen LogP contribution is 2.56. The van der Waals surface area contributed by atoms with Gasteiger partial charge in [0.05, 0.1) is 23.4 Å². The van der Waals surface area contributed by atoms with Gasteiger partial charge in [-0.05, 0) is 38.5 Å². The molecule has 0 radical (unpaired) electrons. The first kappa shape index (κ1) is 9.90. The normalized spacial score (nSPS) is 54.0. The Morgan fingerprint density at radius 2 is 1.25 bits per heavy atom. The summed E-state index contributed by atoms with van der Waals surface area (Å²) >= 11 is 0. The Morgan fingerprint density at radius 1 is 0.750 bits per heavy atom. The molecule has 4 atom stereocenters. The molecular weight excluding hydrogens is 200 g/mol. The van der Waals surface area contributed by atoms with Gasteiger partial charge in [-0.3, -0.25) is 0 Å². The van der Waals surface area contributed by atoms with Crippen LogP contribution in [0.2, 0.25) is 0 Å². The summed E-state index contributed by atoms with van der Waals surface area (Å²) in [6.07, 6.45) is 14.6. The van der Waals surface area contributed by atoms with Crippen LogP contribution in [-0.2, 0) is 9.47 Å². The smallest absolute Gasteiger partial charge is 0.0949 e. The summed E-state index contributed by atoms with van der Waals surface area (Å²) in [5.41, 5.74) is 0.641. The van der Waals surface area contributed by atoms with E-state index in [-0.39, 0.29) is 0 Å². The molecule has 2 nitrogen and oxygen atoms in total. The van der Waals surface area contributed by atoms with E-state index in [2.05, 4.69) is 0 Å². The van der Waals surface area contributed by atoms with Crippen LogP contribution in [0.3, 0.4) is 0 Å². The van der Waals surface area contributed by atoms with E-state index in [1.165, 1.54) is 64.2 Å². The van der Waals surface area contributed by atoms with Crippen molar-refractivity contribution >= 4 is 0 Å². The molecule has 0 aromatic rings.